The van der Waals surface area contributed by atoms with Crippen LogP contribution in [0.25, 0.3) is 0 Å². The van der Waals surface area contributed by atoms with E-state index in [0.717, 1.165) is 25.5 Å². The van der Waals surface area contributed by atoms with Crippen molar-refractivity contribution in [1.82, 2.24) is 5.32 Å². The molecule has 0 unspecified atom stereocenters. The van der Waals surface area contributed by atoms with E-state index in [2.05, 4.69) is 27.5 Å². The molecule has 1 aliphatic heterocycles. The molecular formula is C19H23F3N2O2. The number of nitrogens with two attached hydrogens (primary N) is 1. The molecule has 2 aromatic rings. The minimum atomic E-state index is -4.75. The molecular weight excluding hydrogens is 345 g/mol. The standard InChI is InChI=1S/C19H21F3N2O2.H/c20-19(21,22)26-15-8-9-17(25)14(11-15)12-24-16-7-4-10-23-18(16)13-5-2-1-3-6-13;/h1-3,5-6,8-9,11,16,18,23-25H,4,7,10,12H2;/q;-1/p+1/t16-,18-;/m0./s1. The van der Waals surface area contributed by atoms with Gasteiger partial charge in [0.15, 0.2) is 0 Å². The van der Waals surface area contributed by atoms with Crippen molar-refractivity contribution in [1.29, 1.82) is 0 Å². The lowest BCUT2D eigenvalue weighted by molar-refractivity contribution is -0.710. The fraction of sp³-hybridized carbons (Fsp3) is 0.368. The lowest BCUT2D eigenvalue weighted by atomic mass is 9.92. The molecule has 7 heteroatoms. The normalized spacial score (nSPS) is 20.7. The second-order valence-corrected chi connectivity index (χ2v) is 6.43. The van der Waals surface area contributed by atoms with Gasteiger partial charge in [0, 0.05) is 6.42 Å². The highest BCUT2D eigenvalue weighted by Crippen LogP contribution is 2.28. The summed E-state index contributed by atoms with van der Waals surface area (Å²) in [7, 11) is 0. The topological polar surface area (TPSA) is 58.1 Å². The Morgan fingerprint density at radius 1 is 1.19 bits per heavy atom. The van der Waals surface area contributed by atoms with Gasteiger partial charge >= 0.3 is 6.36 Å². The summed E-state index contributed by atoms with van der Waals surface area (Å²) in [5.41, 5.74) is 1.61. The lowest BCUT2D eigenvalue weighted by Crippen LogP contribution is -2.91. The van der Waals surface area contributed by atoms with Crippen molar-refractivity contribution in [3.63, 3.8) is 0 Å². The molecule has 4 nitrogen and oxygen atoms in total. The molecule has 0 aliphatic carbocycles. The zero-order chi connectivity index (χ0) is 18.6. The Balaban J connectivity index is 0.00000261. The van der Waals surface area contributed by atoms with Gasteiger partial charge in [-0.15, -0.1) is 13.2 Å². The third-order valence-electron chi connectivity index (χ3n) is 4.59. The third kappa shape index (κ3) is 4.89. The summed E-state index contributed by atoms with van der Waals surface area (Å²) in [4.78, 5) is 0. The monoisotopic (exact) mass is 368 g/mol. The molecule has 0 bridgehead atoms. The maximum absolute atomic E-state index is 12.4. The molecule has 26 heavy (non-hydrogen) atoms. The molecule has 2 atom stereocenters. The van der Waals surface area contributed by atoms with Gasteiger partial charge in [0.2, 0.25) is 0 Å². The number of piperidine rings is 1. The number of quaternary nitrogens is 1. The Kier molecular flexibility index (Phi) is 5.68. The molecule has 1 aliphatic rings. The van der Waals surface area contributed by atoms with Crippen molar-refractivity contribution in [2.75, 3.05) is 6.54 Å². The van der Waals surface area contributed by atoms with Gasteiger partial charge in [-0.3, -0.25) is 0 Å². The Morgan fingerprint density at radius 2 is 1.96 bits per heavy atom. The Morgan fingerprint density at radius 3 is 2.69 bits per heavy atom. The van der Waals surface area contributed by atoms with Gasteiger partial charge in [-0.25, -0.2) is 0 Å². The van der Waals surface area contributed by atoms with Gasteiger partial charge in [-0.05, 0) is 36.7 Å². The van der Waals surface area contributed by atoms with Gasteiger partial charge in [-0.2, -0.15) is 0 Å². The zero-order valence-corrected chi connectivity index (χ0v) is 14.2. The second-order valence-electron chi connectivity index (χ2n) is 6.43. The molecule has 1 fully saturated rings. The number of hydrogen-bond acceptors (Lipinski definition) is 3. The number of benzene rings is 2. The van der Waals surface area contributed by atoms with E-state index in [9.17, 15) is 18.3 Å². The van der Waals surface area contributed by atoms with E-state index in [1.54, 1.807) is 0 Å². The van der Waals surface area contributed by atoms with E-state index >= 15 is 0 Å². The van der Waals surface area contributed by atoms with Gasteiger partial charge < -0.3 is 21.9 Å². The summed E-state index contributed by atoms with van der Waals surface area (Å²) in [5.74, 6) is -0.351. The van der Waals surface area contributed by atoms with Crippen LogP contribution < -0.4 is 15.4 Å². The molecule has 0 saturated carbocycles. The number of phenolic OH excluding ortho intramolecular Hbond substituents is 1. The van der Waals surface area contributed by atoms with Crippen molar-refractivity contribution >= 4 is 0 Å². The Labute approximate surface area is 151 Å². The van der Waals surface area contributed by atoms with E-state index in [-0.39, 0.29) is 25.0 Å². The fourth-order valence-electron chi connectivity index (χ4n) is 3.39. The smallest absolute Gasteiger partial charge is 0.573 e. The number of rotatable bonds is 5. The summed E-state index contributed by atoms with van der Waals surface area (Å²) in [6.45, 7) is 1.31. The first-order chi connectivity index (χ1) is 12.4. The first-order valence-corrected chi connectivity index (χ1v) is 8.62. The molecule has 1 saturated heterocycles. The molecule has 1 heterocycles. The summed E-state index contributed by atoms with van der Waals surface area (Å²) in [6.07, 6.45) is -2.72. The Bertz CT molecular complexity index is 729. The first kappa shape index (κ1) is 18.5. The maximum atomic E-state index is 12.4. The zero-order valence-electron chi connectivity index (χ0n) is 15.2. The molecule has 0 amide bonds. The lowest BCUT2D eigenvalue weighted by Gasteiger charge is -2.31. The van der Waals surface area contributed by atoms with Crippen molar-refractivity contribution < 1.29 is 29.8 Å². The fourth-order valence-corrected chi connectivity index (χ4v) is 3.39. The molecule has 3 rings (SSSR count). The van der Waals surface area contributed by atoms with Crippen molar-refractivity contribution in [3.8, 4) is 11.5 Å². The number of ether oxygens (including phenoxy) is 1. The maximum Gasteiger partial charge on any atom is 0.573 e. The van der Waals surface area contributed by atoms with Crippen LogP contribution in [0, 0.1) is 0 Å². The number of nitrogens with one attached hydrogen (secondary N) is 1. The molecule has 4 N–H and O–H groups in total. The van der Waals surface area contributed by atoms with Gasteiger partial charge in [0.25, 0.3) is 0 Å². The summed E-state index contributed by atoms with van der Waals surface area (Å²) in [5, 5.41) is 15.6. The molecule has 0 aromatic heterocycles. The number of halogens is 3. The predicted molar refractivity (Wildman–Crippen MR) is 91.7 cm³/mol. The average molecular weight is 368 g/mol. The van der Waals surface area contributed by atoms with Gasteiger partial charge in [0.1, 0.15) is 24.1 Å². The quantitative estimate of drug-likeness (QED) is 0.761. The highest BCUT2D eigenvalue weighted by molar-refractivity contribution is 5.38. The molecule has 2 aromatic carbocycles. The van der Waals surface area contributed by atoms with Crippen molar-refractivity contribution in [2.45, 2.75) is 37.8 Å². The highest BCUT2D eigenvalue weighted by Gasteiger charge is 2.32. The van der Waals surface area contributed by atoms with E-state index < -0.39 is 6.36 Å². The molecule has 142 valence electrons. The molecule has 0 radical (unpaired) electrons. The first-order valence-electron chi connectivity index (χ1n) is 8.62. The largest absolute Gasteiger partial charge is 1.00 e. The minimum Gasteiger partial charge on any atom is -1.00 e. The van der Waals surface area contributed by atoms with Crippen molar-refractivity contribution in [3.05, 3.63) is 59.7 Å². The van der Waals surface area contributed by atoms with Crippen LogP contribution in [0.3, 0.4) is 0 Å². The van der Waals surface area contributed by atoms with Crippen LogP contribution in [-0.2, 0) is 6.54 Å². The minimum absolute atomic E-state index is 0. The molecule has 0 spiro atoms. The number of alkyl halides is 3. The number of hydrogen-bond donors (Lipinski definition) is 3. The van der Waals surface area contributed by atoms with Crippen molar-refractivity contribution in [2.24, 2.45) is 0 Å². The van der Waals surface area contributed by atoms with Crippen LogP contribution in [0.5, 0.6) is 11.5 Å². The highest BCUT2D eigenvalue weighted by atomic mass is 19.4. The van der Waals surface area contributed by atoms with Gasteiger partial charge in [0.05, 0.1) is 11.6 Å². The van der Waals surface area contributed by atoms with Crippen LogP contribution in [-0.4, -0.2) is 24.1 Å². The average Bonchev–Trinajstić information content (AvgIpc) is 2.62. The van der Waals surface area contributed by atoms with Crippen LogP contribution in [0.15, 0.2) is 48.5 Å². The van der Waals surface area contributed by atoms with E-state index in [4.69, 9.17) is 0 Å². The number of phenols is 1. The van der Waals surface area contributed by atoms with Crippen LogP contribution in [0.4, 0.5) is 13.2 Å². The predicted octanol–water partition coefficient (Wildman–Crippen LogP) is 2.96. The number of aromatic hydroxyl groups is 1. The van der Waals surface area contributed by atoms with E-state index in [1.807, 2.05) is 18.2 Å². The summed E-state index contributed by atoms with van der Waals surface area (Å²) < 4.78 is 41.1. The summed E-state index contributed by atoms with van der Waals surface area (Å²) in [6, 6.07) is 14.1. The van der Waals surface area contributed by atoms with Crippen LogP contribution in [0.2, 0.25) is 0 Å². The van der Waals surface area contributed by atoms with E-state index in [0.29, 0.717) is 12.1 Å². The van der Waals surface area contributed by atoms with Crippen LogP contribution >= 0.6 is 0 Å². The second kappa shape index (κ2) is 7.97. The van der Waals surface area contributed by atoms with Crippen LogP contribution in [0.1, 0.15) is 31.4 Å². The third-order valence-corrected chi connectivity index (χ3v) is 4.59. The van der Waals surface area contributed by atoms with Gasteiger partial charge in [-0.1, -0.05) is 30.3 Å². The summed E-state index contributed by atoms with van der Waals surface area (Å²) >= 11 is 0. The van der Waals surface area contributed by atoms with E-state index in [1.165, 1.54) is 17.7 Å². The Hall–Kier alpha value is -2.25. The SMILES string of the molecule is Oc1ccc(OC(F)(F)F)cc1C[NH2+][C@H]1CCCN[C@H]1c1ccccc1.[H-].